The van der Waals surface area contributed by atoms with Gasteiger partial charge in [-0.15, -0.1) is 0 Å². The highest BCUT2D eigenvalue weighted by Crippen LogP contribution is 2.36. The van der Waals surface area contributed by atoms with E-state index < -0.39 is 28.6 Å². The number of aliphatic carboxylic acids is 1. The number of carbonyl (C=O) groups excluding carboxylic acids is 1. The molecular formula is C13H13ClF3NO3. The number of amides is 1. The summed E-state index contributed by atoms with van der Waals surface area (Å²) in [5, 5.41) is 10.3. The zero-order valence-corrected chi connectivity index (χ0v) is 11.6. The fourth-order valence-electron chi connectivity index (χ4n) is 1.61. The van der Waals surface area contributed by atoms with Crippen molar-refractivity contribution in [1.82, 2.24) is 0 Å². The number of halogens is 4. The van der Waals surface area contributed by atoms with Crippen molar-refractivity contribution in [2.24, 2.45) is 0 Å². The van der Waals surface area contributed by atoms with Gasteiger partial charge in [0.25, 0.3) is 0 Å². The Kier molecular flexibility index (Phi) is 6.02. The molecule has 116 valence electrons. The minimum Gasteiger partial charge on any atom is -0.481 e. The smallest absolute Gasteiger partial charge is 0.417 e. The zero-order chi connectivity index (χ0) is 16.0. The first-order chi connectivity index (χ1) is 9.70. The van der Waals surface area contributed by atoms with Crippen molar-refractivity contribution in [3.63, 3.8) is 0 Å². The van der Waals surface area contributed by atoms with Gasteiger partial charge in [-0.25, -0.2) is 0 Å². The molecule has 0 atom stereocenters. The lowest BCUT2D eigenvalue weighted by molar-refractivity contribution is -0.138. The monoisotopic (exact) mass is 323 g/mol. The van der Waals surface area contributed by atoms with E-state index >= 15 is 0 Å². The van der Waals surface area contributed by atoms with E-state index in [1.54, 1.807) is 0 Å². The summed E-state index contributed by atoms with van der Waals surface area (Å²) in [6, 6.07) is 3.09. The molecule has 1 amide bonds. The molecule has 0 fully saturated rings. The summed E-state index contributed by atoms with van der Waals surface area (Å²) < 4.78 is 37.9. The molecule has 21 heavy (non-hydrogen) atoms. The number of carbonyl (C=O) groups is 2. The Hall–Kier alpha value is -1.76. The van der Waals surface area contributed by atoms with E-state index in [1.165, 1.54) is 6.07 Å². The first-order valence-corrected chi connectivity index (χ1v) is 6.46. The summed E-state index contributed by atoms with van der Waals surface area (Å²) in [6.07, 6.45) is -3.93. The van der Waals surface area contributed by atoms with Crippen molar-refractivity contribution >= 4 is 29.2 Å². The maximum absolute atomic E-state index is 12.6. The van der Waals surface area contributed by atoms with E-state index in [2.05, 4.69) is 5.32 Å². The zero-order valence-electron chi connectivity index (χ0n) is 10.8. The van der Waals surface area contributed by atoms with Gasteiger partial charge >= 0.3 is 12.1 Å². The summed E-state index contributed by atoms with van der Waals surface area (Å²) in [6.45, 7) is 0. The summed E-state index contributed by atoms with van der Waals surface area (Å²) in [7, 11) is 0. The minimum atomic E-state index is -4.60. The molecule has 1 rings (SSSR count). The van der Waals surface area contributed by atoms with Crippen molar-refractivity contribution in [3.05, 3.63) is 28.8 Å². The van der Waals surface area contributed by atoms with E-state index in [-0.39, 0.29) is 18.5 Å². The number of benzene rings is 1. The molecule has 1 aromatic carbocycles. The third-order valence-electron chi connectivity index (χ3n) is 2.60. The summed E-state index contributed by atoms with van der Waals surface area (Å²) in [4.78, 5) is 21.8. The second-order valence-corrected chi connectivity index (χ2v) is 4.75. The quantitative estimate of drug-likeness (QED) is 0.779. The predicted molar refractivity (Wildman–Crippen MR) is 71.2 cm³/mol. The Bertz CT molecular complexity index is 532. The van der Waals surface area contributed by atoms with Gasteiger partial charge < -0.3 is 10.4 Å². The van der Waals surface area contributed by atoms with Crippen LogP contribution in [0.2, 0.25) is 5.02 Å². The summed E-state index contributed by atoms with van der Waals surface area (Å²) >= 11 is 5.46. The first-order valence-electron chi connectivity index (χ1n) is 6.08. The molecule has 1 aromatic rings. The minimum absolute atomic E-state index is 0.00467. The van der Waals surface area contributed by atoms with Crippen molar-refractivity contribution in [2.45, 2.75) is 31.9 Å². The highest BCUT2D eigenvalue weighted by Gasteiger charge is 2.33. The van der Waals surface area contributed by atoms with E-state index in [1.807, 2.05) is 0 Å². The Morgan fingerprint density at radius 3 is 2.38 bits per heavy atom. The molecule has 0 aliphatic carbocycles. The number of hydrogen-bond donors (Lipinski definition) is 2. The predicted octanol–water partition coefficient (Wildman–Crippen LogP) is 3.94. The molecule has 0 heterocycles. The first kappa shape index (κ1) is 17.3. The van der Waals surface area contributed by atoms with E-state index in [0.717, 1.165) is 12.1 Å². The molecule has 0 spiro atoms. The fraction of sp³-hybridized carbons (Fsp3) is 0.385. The van der Waals surface area contributed by atoms with Crippen LogP contribution in [0.4, 0.5) is 18.9 Å². The highest BCUT2D eigenvalue weighted by molar-refractivity contribution is 6.31. The van der Waals surface area contributed by atoms with Gasteiger partial charge in [0.05, 0.1) is 10.6 Å². The van der Waals surface area contributed by atoms with Gasteiger partial charge in [0, 0.05) is 18.5 Å². The van der Waals surface area contributed by atoms with Crippen LogP contribution in [-0.4, -0.2) is 17.0 Å². The molecule has 0 unspecified atom stereocenters. The Morgan fingerprint density at radius 1 is 1.19 bits per heavy atom. The van der Waals surface area contributed by atoms with Crippen LogP contribution in [0.3, 0.4) is 0 Å². The van der Waals surface area contributed by atoms with Crippen LogP contribution >= 0.6 is 11.6 Å². The lowest BCUT2D eigenvalue weighted by Gasteiger charge is -2.11. The van der Waals surface area contributed by atoms with Crippen molar-refractivity contribution in [2.75, 3.05) is 5.32 Å². The number of hydrogen-bond acceptors (Lipinski definition) is 2. The summed E-state index contributed by atoms with van der Waals surface area (Å²) in [5.74, 6) is -1.43. The van der Waals surface area contributed by atoms with Crippen LogP contribution in [0.5, 0.6) is 0 Å². The average Bonchev–Trinajstić information content (AvgIpc) is 2.35. The number of alkyl halides is 3. The number of anilines is 1. The van der Waals surface area contributed by atoms with Gasteiger partial charge in [-0.1, -0.05) is 11.6 Å². The molecule has 0 aliphatic heterocycles. The Labute approximate surface area is 123 Å². The lowest BCUT2D eigenvalue weighted by atomic mass is 10.1. The largest absolute Gasteiger partial charge is 0.481 e. The van der Waals surface area contributed by atoms with Crippen LogP contribution < -0.4 is 5.32 Å². The second kappa shape index (κ2) is 7.31. The molecule has 0 aromatic heterocycles. The van der Waals surface area contributed by atoms with Crippen molar-refractivity contribution in [1.29, 1.82) is 0 Å². The van der Waals surface area contributed by atoms with E-state index in [0.29, 0.717) is 12.8 Å². The number of carboxylic acid groups (broad SMARTS) is 1. The molecule has 2 N–H and O–H groups in total. The van der Waals surface area contributed by atoms with Gasteiger partial charge in [-0.2, -0.15) is 13.2 Å². The number of carboxylic acids is 1. The molecule has 4 nitrogen and oxygen atoms in total. The topological polar surface area (TPSA) is 66.4 Å². The van der Waals surface area contributed by atoms with E-state index in [9.17, 15) is 22.8 Å². The van der Waals surface area contributed by atoms with Gasteiger partial charge in [0.15, 0.2) is 0 Å². The highest BCUT2D eigenvalue weighted by atomic mass is 35.5. The fourth-order valence-corrected chi connectivity index (χ4v) is 1.83. The van der Waals surface area contributed by atoms with Crippen LogP contribution in [0.15, 0.2) is 18.2 Å². The SMILES string of the molecule is O=C(O)CCCCC(=O)Nc1ccc(Cl)c(C(F)(F)F)c1. The number of rotatable bonds is 6. The molecule has 0 saturated heterocycles. The lowest BCUT2D eigenvalue weighted by Crippen LogP contribution is -2.13. The third kappa shape index (κ3) is 6.03. The maximum atomic E-state index is 12.6. The van der Waals surface area contributed by atoms with Gasteiger partial charge in [0.2, 0.25) is 5.91 Å². The average molecular weight is 324 g/mol. The normalized spacial score (nSPS) is 11.2. The molecule has 8 heteroatoms. The van der Waals surface area contributed by atoms with Crippen LogP contribution in [-0.2, 0) is 15.8 Å². The van der Waals surface area contributed by atoms with Crippen LogP contribution in [0, 0.1) is 0 Å². The molecular weight excluding hydrogens is 311 g/mol. The molecule has 0 aliphatic rings. The second-order valence-electron chi connectivity index (χ2n) is 4.34. The third-order valence-corrected chi connectivity index (χ3v) is 2.93. The summed E-state index contributed by atoms with van der Waals surface area (Å²) in [5.41, 5.74) is -1.03. The standard InChI is InChI=1S/C13H13ClF3NO3/c14-10-6-5-8(7-9(10)13(15,16)17)18-11(19)3-1-2-4-12(20)21/h5-7H,1-4H2,(H,18,19)(H,20,21). The van der Waals surface area contributed by atoms with Crippen LogP contribution in [0.1, 0.15) is 31.2 Å². The van der Waals surface area contributed by atoms with E-state index in [4.69, 9.17) is 16.7 Å². The Balaban J connectivity index is 2.59. The number of unbranched alkanes of at least 4 members (excludes halogenated alkanes) is 1. The number of nitrogens with one attached hydrogen (secondary N) is 1. The van der Waals surface area contributed by atoms with Gasteiger partial charge in [-0.05, 0) is 31.0 Å². The van der Waals surface area contributed by atoms with Gasteiger partial charge in [0.1, 0.15) is 0 Å². The Morgan fingerprint density at radius 2 is 1.81 bits per heavy atom. The molecule has 0 bridgehead atoms. The van der Waals surface area contributed by atoms with Crippen LogP contribution in [0.25, 0.3) is 0 Å². The maximum Gasteiger partial charge on any atom is 0.417 e. The van der Waals surface area contributed by atoms with Crippen molar-refractivity contribution < 1.29 is 27.9 Å². The molecule has 0 radical (unpaired) electrons. The van der Waals surface area contributed by atoms with Crippen molar-refractivity contribution in [3.8, 4) is 0 Å². The van der Waals surface area contributed by atoms with Gasteiger partial charge in [-0.3, -0.25) is 9.59 Å². The molecule has 0 saturated carbocycles.